The first-order valence-electron chi connectivity index (χ1n) is 7.82. The lowest BCUT2D eigenvalue weighted by Gasteiger charge is -2.39. The number of benzene rings is 1. The van der Waals surface area contributed by atoms with E-state index in [4.69, 9.17) is 23.2 Å². The van der Waals surface area contributed by atoms with Gasteiger partial charge in [-0.25, -0.2) is 0 Å². The van der Waals surface area contributed by atoms with Crippen molar-refractivity contribution in [3.05, 3.63) is 33.8 Å². The molecule has 2 atom stereocenters. The van der Waals surface area contributed by atoms with Crippen molar-refractivity contribution >= 4 is 40.9 Å². The minimum Gasteiger partial charge on any atom is -0.337 e. The standard InChI is InChI=1S/C17H23Cl2NOS/c1-12-4-3-5-13(2)20(12)17(21)8-9-22-11-14-6-7-15(18)16(19)10-14/h6-7,10,12-13H,3-5,8-9,11H2,1-2H3/t12-,13-/m0/s1. The van der Waals surface area contributed by atoms with Crippen LogP contribution in [0.5, 0.6) is 0 Å². The lowest BCUT2D eigenvalue weighted by atomic mass is 9.97. The van der Waals surface area contributed by atoms with Gasteiger partial charge >= 0.3 is 0 Å². The van der Waals surface area contributed by atoms with Crippen LogP contribution in [-0.4, -0.2) is 28.6 Å². The minimum absolute atomic E-state index is 0.293. The number of rotatable bonds is 5. The monoisotopic (exact) mass is 359 g/mol. The molecule has 0 spiro atoms. The fraction of sp³-hybridized carbons (Fsp3) is 0.588. The van der Waals surface area contributed by atoms with Crippen molar-refractivity contribution in [1.29, 1.82) is 0 Å². The summed E-state index contributed by atoms with van der Waals surface area (Å²) in [6.07, 6.45) is 4.11. The quantitative estimate of drug-likeness (QED) is 0.655. The Morgan fingerprint density at radius 3 is 2.55 bits per heavy atom. The molecule has 5 heteroatoms. The fourth-order valence-electron chi connectivity index (χ4n) is 3.02. The van der Waals surface area contributed by atoms with Gasteiger partial charge in [0.1, 0.15) is 0 Å². The maximum Gasteiger partial charge on any atom is 0.223 e. The van der Waals surface area contributed by atoms with Gasteiger partial charge in [0.25, 0.3) is 0 Å². The Morgan fingerprint density at radius 2 is 1.91 bits per heavy atom. The fourth-order valence-corrected chi connectivity index (χ4v) is 4.22. The summed E-state index contributed by atoms with van der Waals surface area (Å²) in [6, 6.07) is 6.47. The normalized spacial score (nSPS) is 21.9. The van der Waals surface area contributed by atoms with Crippen molar-refractivity contribution in [2.24, 2.45) is 0 Å². The molecule has 2 nitrogen and oxygen atoms in total. The number of likely N-dealkylation sites (tertiary alicyclic amines) is 1. The molecule has 2 rings (SSSR count). The van der Waals surface area contributed by atoms with Crippen LogP contribution in [0, 0.1) is 0 Å². The lowest BCUT2D eigenvalue weighted by molar-refractivity contribution is -0.136. The van der Waals surface area contributed by atoms with Crippen LogP contribution < -0.4 is 0 Å². The van der Waals surface area contributed by atoms with Crippen LogP contribution in [-0.2, 0) is 10.5 Å². The molecule has 0 radical (unpaired) electrons. The van der Waals surface area contributed by atoms with E-state index in [0.29, 0.717) is 34.5 Å². The second kappa shape index (κ2) is 8.47. The number of nitrogens with zero attached hydrogens (tertiary/aromatic N) is 1. The number of hydrogen-bond donors (Lipinski definition) is 0. The first-order chi connectivity index (χ1) is 10.5. The van der Waals surface area contributed by atoms with Gasteiger partial charge in [0, 0.05) is 30.0 Å². The maximum absolute atomic E-state index is 12.4. The third-order valence-corrected chi connectivity index (χ3v) is 5.96. The summed E-state index contributed by atoms with van der Waals surface area (Å²) in [5.74, 6) is 1.99. The van der Waals surface area contributed by atoms with Gasteiger partial charge < -0.3 is 4.90 Å². The van der Waals surface area contributed by atoms with E-state index in [9.17, 15) is 4.79 Å². The Balaban J connectivity index is 1.76. The molecular formula is C17H23Cl2NOS. The molecule has 1 fully saturated rings. The highest BCUT2D eigenvalue weighted by Gasteiger charge is 2.28. The van der Waals surface area contributed by atoms with E-state index in [1.54, 1.807) is 11.8 Å². The smallest absolute Gasteiger partial charge is 0.223 e. The van der Waals surface area contributed by atoms with Gasteiger partial charge in [-0.15, -0.1) is 0 Å². The molecule has 1 aromatic carbocycles. The molecule has 0 saturated carbocycles. The molecule has 0 aliphatic carbocycles. The maximum atomic E-state index is 12.4. The Morgan fingerprint density at radius 1 is 1.23 bits per heavy atom. The predicted octanol–water partition coefficient (Wildman–Crippen LogP) is 5.41. The van der Waals surface area contributed by atoms with Crippen LogP contribution in [0.2, 0.25) is 10.0 Å². The zero-order valence-electron chi connectivity index (χ0n) is 13.1. The summed E-state index contributed by atoms with van der Waals surface area (Å²) in [5.41, 5.74) is 1.14. The molecular weight excluding hydrogens is 337 g/mol. The first-order valence-corrected chi connectivity index (χ1v) is 9.73. The number of carbonyl (C=O) groups is 1. The highest BCUT2D eigenvalue weighted by atomic mass is 35.5. The third kappa shape index (κ3) is 4.81. The molecule has 1 heterocycles. The molecule has 1 saturated heterocycles. The Kier molecular flexibility index (Phi) is 6.91. The summed E-state index contributed by atoms with van der Waals surface area (Å²) in [5, 5.41) is 1.17. The zero-order valence-corrected chi connectivity index (χ0v) is 15.5. The molecule has 1 amide bonds. The van der Waals surface area contributed by atoms with E-state index in [-0.39, 0.29) is 0 Å². The zero-order chi connectivity index (χ0) is 16.1. The van der Waals surface area contributed by atoms with E-state index >= 15 is 0 Å². The Hall–Kier alpha value is -0.380. The van der Waals surface area contributed by atoms with Crippen molar-refractivity contribution in [2.45, 2.75) is 57.4 Å². The summed E-state index contributed by atoms with van der Waals surface area (Å²) in [6.45, 7) is 4.33. The summed E-state index contributed by atoms with van der Waals surface area (Å²) < 4.78 is 0. The third-order valence-electron chi connectivity index (χ3n) is 4.19. The number of hydrogen-bond acceptors (Lipinski definition) is 2. The van der Waals surface area contributed by atoms with Crippen LogP contribution >= 0.6 is 35.0 Å². The molecule has 1 aliphatic heterocycles. The second-order valence-corrected chi connectivity index (χ2v) is 7.90. The van der Waals surface area contributed by atoms with Gasteiger partial charge in [-0.1, -0.05) is 29.3 Å². The average Bonchev–Trinajstić information content (AvgIpc) is 2.47. The van der Waals surface area contributed by atoms with Crippen molar-refractivity contribution in [3.8, 4) is 0 Å². The van der Waals surface area contributed by atoms with Gasteiger partial charge in [-0.05, 0) is 50.8 Å². The van der Waals surface area contributed by atoms with E-state index in [0.717, 1.165) is 29.9 Å². The van der Waals surface area contributed by atoms with E-state index in [1.807, 2.05) is 18.2 Å². The van der Waals surface area contributed by atoms with Gasteiger partial charge in [-0.2, -0.15) is 11.8 Å². The summed E-state index contributed by atoms with van der Waals surface area (Å²) in [4.78, 5) is 14.5. The summed E-state index contributed by atoms with van der Waals surface area (Å²) in [7, 11) is 0. The first kappa shape index (κ1) is 18.0. The molecule has 22 heavy (non-hydrogen) atoms. The Labute approximate surface area is 147 Å². The second-order valence-electron chi connectivity index (χ2n) is 5.98. The minimum atomic E-state index is 0.293. The number of thioether (sulfide) groups is 1. The van der Waals surface area contributed by atoms with Gasteiger partial charge in [-0.3, -0.25) is 4.79 Å². The highest BCUT2D eigenvalue weighted by molar-refractivity contribution is 7.98. The molecule has 1 aromatic rings. The van der Waals surface area contributed by atoms with Crippen molar-refractivity contribution < 1.29 is 4.79 Å². The highest BCUT2D eigenvalue weighted by Crippen LogP contribution is 2.26. The van der Waals surface area contributed by atoms with Gasteiger partial charge in [0.15, 0.2) is 0 Å². The topological polar surface area (TPSA) is 20.3 Å². The number of carbonyl (C=O) groups excluding carboxylic acids is 1. The molecule has 0 unspecified atom stereocenters. The summed E-state index contributed by atoms with van der Waals surface area (Å²) >= 11 is 13.7. The largest absolute Gasteiger partial charge is 0.337 e. The number of halogens is 2. The van der Waals surface area contributed by atoms with Crippen molar-refractivity contribution in [1.82, 2.24) is 4.90 Å². The average molecular weight is 360 g/mol. The van der Waals surface area contributed by atoms with Crippen LogP contribution in [0.3, 0.4) is 0 Å². The molecule has 0 N–H and O–H groups in total. The molecule has 122 valence electrons. The van der Waals surface area contributed by atoms with E-state index in [2.05, 4.69) is 18.7 Å². The van der Waals surface area contributed by atoms with Crippen LogP contribution in [0.15, 0.2) is 18.2 Å². The van der Waals surface area contributed by atoms with Gasteiger partial charge in [0.2, 0.25) is 5.91 Å². The van der Waals surface area contributed by atoms with Crippen LogP contribution in [0.4, 0.5) is 0 Å². The van der Waals surface area contributed by atoms with E-state index in [1.165, 1.54) is 6.42 Å². The molecule has 0 bridgehead atoms. The lowest BCUT2D eigenvalue weighted by Crippen LogP contribution is -2.47. The van der Waals surface area contributed by atoms with E-state index < -0.39 is 0 Å². The van der Waals surface area contributed by atoms with Gasteiger partial charge in [0.05, 0.1) is 10.0 Å². The molecule has 1 aliphatic rings. The SMILES string of the molecule is C[C@H]1CCC[C@H](C)N1C(=O)CCSCc1ccc(Cl)c(Cl)c1. The molecule has 0 aromatic heterocycles. The van der Waals surface area contributed by atoms with Crippen molar-refractivity contribution in [2.75, 3.05) is 5.75 Å². The van der Waals surface area contributed by atoms with Crippen LogP contribution in [0.25, 0.3) is 0 Å². The number of piperidine rings is 1. The predicted molar refractivity (Wildman–Crippen MR) is 96.9 cm³/mol. The number of amides is 1. The van der Waals surface area contributed by atoms with Crippen molar-refractivity contribution in [3.63, 3.8) is 0 Å². The van der Waals surface area contributed by atoms with Crippen LogP contribution in [0.1, 0.15) is 45.1 Å². The Bertz CT molecular complexity index is 513.